The number of rotatable bonds is 6. The van der Waals surface area contributed by atoms with Crippen molar-refractivity contribution >= 4 is 16.8 Å². The molecule has 1 fully saturated rings. The average Bonchev–Trinajstić information content (AvgIpc) is 2.92. The Morgan fingerprint density at radius 2 is 2.17 bits per heavy atom. The second kappa shape index (κ2) is 7.18. The maximum absolute atomic E-state index is 12.1. The number of carbonyl (C=O) groups is 1. The van der Waals surface area contributed by atoms with Gasteiger partial charge in [0.1, 0.15) is 11.3 Å². The quantitative estimate of drug-likeness (QED) is 0.818. The second-order valence-electron chi connectivity index (χ2n) is 6.39. The molecule has 2 heterocycles. The number of pyridine rings is 1. The molecule has 0 N–H and O–H groups in total. The van der Waals surface area contributed by atoms with Crippen LogP contribution in [0.4, 0.5) is 0 Å². The number of likely N-dealkylation sites (tertiary alicyclic amines) is 1. The summed E-state index contributed by atoms with van der Waals surface area (Å²) < 4.78 is 10.5. The monoisotopic (exact) mass is 328 g/mol. The highest BCUT2D eigenvalue weighted by molar-refractivity contribution is 5.87. The van der Waals surface area contributed by atoms with Crippen molar-refractivity contribution in [3.8, 4) is 5.75 Å². The first-order valence-corrected chi connectivity index (χ1v) is 8.32. The van der Waals surface area contributed by atoms with E-state index in [0.29, 0.717) is 25.5 Å². The van der Waals surface area contributed by atoms with Crippen molar-refractivity contribution in [3.63, 3.8) is 0 Å². The molecule has 5 heteroatoms. The highest BCUT2D eigenvalue weighted by atomic mass is 16.5. The van der Waals surface area contributed by atoms with Gasteiger partial charge in [-0.05, 0) is 37.0 Å². The lowest BCUT2D eigenvalue weighted by atomic mass is 9.99. The lowest BCUT2D eigenvalue weighted by Gasteiger charge is -2.16. The summed E-state index contributed by atoms with van der Waals surface area (Å²) in [4.78, 5) is 18.8. The minimum absolute atomic E-state index is 0.215. The molecule has 1 aromatic carbocycles. The predicted octanol–water partition coefficient (Wildman–Crippen LogP) is 2.59. The van der Waals surface area contributed by atoms with Crippen molar-refractivity contribution in [2.75, 3.05) is 33.9 Å². The number of amides is 1. The van der Waals surface area contributed by atoms with E-state index in [1.807, 2.05) is 17.0 Å². The zero-order chi connectivity index (χ0) is 17.1. The molecule has 24 heavy (non-hydrogen) atoms. The molecule has 128 valence electrons. The number of hydrogen-bond donors (Lipinski definition) is 0. The second-order valence-corrected chi connectivity index (χ2v) is 6.39. The van der Waals surface area contributed by atoms with Crippen LogP contribution in [0.25, 0.3) is 10.9 Å². The maximum Gasteiger partial charge on any atom is 0.223 e. The molecule has 1 aliphatic heterocycles. The average molecular weight is 328 g/mol. The Morgan fingerprint density at radius 3 is 2.92 bits per heavy atom. The molecule has 1 amide bonds. The van der Waals surface area contributed by atoms with Gasteiger partial charge in [-0.15, -0.1) is 0 Å². The van der Waals surface area contributed by atoms with Gasteiger partial charge in [-0.2, -0.15) is 0 Å². The summed E-state index contributed by atoms with van der Waals surface area (Å²) in [5, 5.41) is 1.11. The highest BCUT2D eigenvalue weighted by Gasteiger charge is 2.29. The third-order valence-corrected chi connectivity index (χ3v) is 4.64. The van der Waals surface area contributed by atoms with E-state index >= 15 is 0 Å². The molecule has 1 saturated heterocycles. The molecule has 1 atom stereocenters. The van der Waals surface area contributed by atoms with Gasteiger partial charge in [0.25, 0.3) is 0 Å². The number of fused-ring (bicyclic) bond motifs is 1. The summed E-state index contributed by atoms with van der Waals surface area (Å²) in [6, 6.07) is 8.11. The molecule has 0 saturated carbocycles. The number of para-hydroxylation sites is 1. The largest absolute Gasteiger partial charge is 0.494 e. The summed E-state index contributed by atoms with van der Waals surface area (Å²) >= 11 is 0. The van der Waals surface area contributed by atoms with Gasteiger partial charge < -0.3 is 14.4 Å². The fourth-order valence-corrected chi connectivity index (χ4v) is 3.43. The van der Waals surface area contributed by atoms with Crippen molar-refractivity contribution in [2.45, 2.75) is 19.8 Å². The standard InChI is InChI=1S/C19H24N2O3/c1-13-9-15(20-19-16(13)5-4-6-17(19)24-3)10-14-11-18(22)21(12-14)7-8-23-2/h4-6,9,14H,7-8,10-12H2,1-3H3. The maximum atomic E-state index is 12.1. The lowest BCUT2D eigenvalue weighted by Crippen LogP contribution is -2.29. The van der Waals surface area contributed by atoms with E-state index in [1.165, 1.54) is 5.56 Å². The molecule has 0 spiro atoms. The van der Waals surface area contributed by atoms with Gasteiger partial charge in [-0.1, -0.05) is 12.1 Å². The van der Waals surface area contributed by atoms with E-state index in [1.54, 1.807) is 14.2 Å². The zero-order valence-corrected chi connectivity index (χ0v) is 14.5. The Hall–Kier alpha value is -2.14. The van der Waals surface area contributed by atoms with Crippen molar-refractivity contribution in [1.29, 1.82) is 0 Å². The summed E-state index contributed by atoms with van der Waals surface area (Å²) in [7, 11) is 3.33. The van der Waals surface area contributed by atoms with E-state index in [0.717, 1.165) is 35.3 Å². The Morgan fingerprint density at radius 1 is 1.33 bits per heavy atom. The number of benzene rings is 1. The normalized spacial score (nSPS) is 17.7. The van der Waals surface area contributed by atoms with Gasteiger partial charge in [0.2, 0.25) is 5.91 Å². The minimum atomic E-state index is 0.215. The summed E-state index contributed by atoms with van der Waals surface area (Å²) in [5.41, 5.74) is 3.11. The van der Waals surface area contributed by atoms with Gasteiger partial charge in [-0.3, -0.25) is 4.79 Å². The van der Waals surface area contributed by atoms with Crippen molar-refractivity contribution in [2.24, 2.45) is 5.92 Å². The van der Waals surface area contributed by atoms with Crippen LogP contribution >= 0.6 is 0 Å². The smallest absolute Gasteiger partial charge is 0.223 e. The molecule has 0 aliphatic carbocycles. The first-order valence-electron chi connectivity index (χ1n) is 8.32. The highest BCUT2D eigenvalue weighted by Crippen LogP contribution is 2.28. The van der Waals surface area contributed by atoms with Crippen LogP contribution in [-0.2, 0) is 16.0 Å². The van der Waals surface area contributed by atoms with Crippen LogP contribution in [0, 0.1) is 12.8 Å². The third-order valence-electron chi connectivity index (χ3n) is 4.64. The number of ether oxygens (including phenoxy) is 2. The molecule has 2 aromatic rings. The van der Waals surface area contributed by atoms with Gasteiger partial charge in [0.15, 0.2) is 0 Å². The molecule has 3 rings (SSSR count). The first kappa shape index (κ1) is 16.7. The van der Waals surface area contributed by atoms with Gasteiger partial charge >= 0.3 is 0 Å². The van der Waals surface area contributed by atoms with Crippen LogP contribution in [-0.4, -0.2) is 49.7 Å². The van der Waals surface area contributed by atoms with Crippen molar-refractivity contribution < 1.29 is 14.3 Å². The number of aromatic nitrogens is 1. The fraction of sp³-hybridized carbons (Fsp3) is 0.474. The number of aryl methyl sites for hydroxylation is 1. The van der Waals surface area contributed by atoms with Crippen LogP contribution in [0.3, 0.4) is 0 Å². The number of nitrogens with zero attached hydrogens (tertiary/aromatic N) is 2. The predicted molar refractivity (Wildman–Crippen MR) is 93.3 cm³/mol. The van der Waals surface area contributed by atoms with E-state index in [9.17, 15) is 4.79 Å². The van der Waals surface area contributed by atoms with Gasteiger partial charge in [0, 0.05) is 37.7 Å². The molecule has 1 aliphatic rings. The van der Waals surface area contributed by atoms with Gasteiger partial charge in [0.05, 0.1) is 13.7 Å². The Labute approximate surface area is 142 Å². The number of carbonyl (C=O) groups excluding carboxylic acids is 1. The van der Waals surface area contributed by atoms with Crippen LogP contribution in [0.5, 0.6) is 5.75 Å². The molecule has 5 nitrogen and oxygen atoms in total. The Balaban J connectivity index is 1.80. The SMILES string of the molecule is COCCN1CC(Cc2cc(C)c3cccc(OC)c3n2)CC1=O. The van der Waals surface area contributed by atoms with E-state index in [-0.39, 0.29) is 5.91 Å². The molecule has 0 radical (unpaired) electrons. The topological polar surface area (TPSA) is 51.7 Å². The van der Waals surface area contributed by atoms with Crippen molar-refractivity contribution in [3.05, 3.63) is 35.5 Å². The molecule has 1 aromatic heterocycles. The molecule has 0 bridgehead atoms. The van der Waals surface area contributed by atoms with Crippen LogP contribution < -0.4 is 4.74 Å². The van der Waals surface area contributed by atoms with E-state index in [4.69, 9.17) is 14.5 Å². The first-order chi connectivity index (χ1) is 11.6. The summed E-state index contributed by atoms with van der Waals surface area (Å²) in [6.45, 7) is 4.14. The fourth-order valence-electron chi connectivity index (χ4n) is 3.43. The number of hydrogen-bond acceptors (Lipinski definition) is 4. The summed E-state index contributed by atoms with van der Waals surface area (Å²) in [5.74, 6) is 1.32. The van der Waals surface area contributed by atoms with Crippen LogP contribution in [0.1, 0.15) is 17.7 Å². The third kappa shape index (κ3) is 3.36. The van der Waals surface area contributed by atoms with Crippen molar-refractivity contribution in [1.82, 2.24) is 9.88 Å². The molecular weight excluding hydrogens is 304 g/mol. The lowest BCUT2D eigenvalue weighted by molar-refractivity contribution is -0.128. The van der Waals surface area contributed by atoms with Crippen LogP contribution in [0.15, 0.2) is 24.3 Å². The summed E-state index contributed by atoms with van der Waals surface area (Å²) in [6.07, 6.45) is 1.40. The molecule has 1 unspecified atom stereocenters. The Kier molecular flexibility index (Phi) is 5.00. The van der Waals surface area contributed by atoms with Crippen LogP contribution in [0.2, 0.25) is 0 Å². The molecular formula is C19H24N2O3. The Bertz CT molecular complexity index is 745. The van der Waals surface area contributed by atoms with Gasteiger partial charge in [-0.25, -0.2) is 4.98 Å². The minimum Gasteiger partial charge on any atom is -0.494 e. The zero-order valence-electron chi connectivity index (χ0n) is 14.5. The number of methoxy groups -OCH3 is 2. The van der Waals surface area contributed by atoms with E-state index < -0.39 is 0 Å². The van der Waals surface area contributed by atoms with E-state index in [2.05, 4.69) is 19.1 Å².